The van der Waals surface area contributed by atoms with Gasteiger partial charge in [-0.3, -0.25) is 4.79 Å². The smallest absolute Gasteiger partial charge is 0.316 e. The van der Waals surface area contributed by atoms with E-state index >= 15 is 0 Å². The first-order valence-electron chi connectivity index (χ1n) is 11.1. The number of carboxylic acid groups (broad SMARTS) is 1. The third-order valence-corrected chi connectivity index (χ3v) is 6.42. The lowest BCUT2D eigenvalue weighted by atomic mass is 10.0. The Morgan fingerprint density at radius 3 is 1.36 bits per heavy atom. The van der Waals surface area contributed by atoms with E-state index in [1.165, 1.54) is 103 Å². The zero-order valence-electron chi connectivity index (χ0n) is 17.1. The topological polar surface area (TPSA) is 37.3 Å². The first kappa shape index (κ1) is 24.8. The predicted octanol–water partition coefficient (Wildman–Crippen LogP) is 7.84. The molecule has 2 nitrogen and oxygen atoms in total. The van der Waals surface area contributed by atoms with Gasteiger partial charge < -0.3 is 5.11 Å². The van der Waals surface area contributed by atoms with E-state index in [4.69, 9.17) is 5.11 Å². The predicted molar refractivity (Wildman–Crippen MR) is 114 cm³/mol. The van der Waals surface area contributed by atoms with Crippen LogP contribution in [0, 0.1) is 0 Å². The molecule has 0 aliphatic heterocycles. The first-order valence-corrected chi connectivity index (χ1v) is 12.1. The molecule has 0 spiro atoms. The summed E-state index contributed by atoms with van der Waals surface area (Å²) in [7, 11) is 0. The van der Waals surface area contributed by atoms with E-state index in [1.807, 2.05) is 6.92 Å². The molecular formula is C22H44O2S. The molecule has 0 heterocycles. The lowest BCUT2D eigenvalue weighted by Gasteiger charge is -2.08. The van der Waals surface area contributed by atoms with Gasteiger partial charge in [-0.15, -0.1) is 11.8 Å². The van der Waals surface area contributed by atoms with Crippen LogP contribution in [0.3, 0.4) is 0 Å². The Morgan fingerprint density at radius 2 is 1.04 bits per heavy atom. The SMILES string of the molecule is CCCCCCCCCCCCCCCCCCSC(CC)C(=O)O. The van der Waals surface area contributed by atoms with Crippen LogP contribution in [0.1, 0.15) is 123 Å². The number of carbonyl (C=O) groups is 1. The molecule has 0 saturated carbocycles. The van der Waals surface area contributed by atoms with Crippen molar-refractivity contribution in [2.45, 2.75) is 128 Å². The number of aliphatic carboxylic acids is 1. The Kier molecular flexibility index (Phi) is 20.0. The number of unbranched alkanes of at least 4 members (excludes halogenated alkanes) is 15. The van der Waals surface area contributed by atoms with E-state index in [1.54, 1.807) is 11.8 Å². The van der Waals surface area contributed by atoms with Crippen molar-refractivity contribution in [1.82, 2.24) is 0 Å². The Morgan fingerprint density at radius 1 is 0.680 bits per heavy atom. The number of hydrogen-bond donors (Lipinski definition) is 1. The molecule has 1 unspecified atom stereocenters. The molecule has 0 fully saturated rings. The van der Waals surface area contributed by atoms with Crippen molar-refractivity contribution in [2.24, 2.45) is 0 Å². The van der Waals surface area contributed by atoms with Gasteiger partial charge in [-0.2, -0.15) is 0 Å². The van der Waals surface area contributed by atoms with E-state index in [0.717, 1.165) is 12.2 Å². The van der Waals surface area contributed by atoms with Gasteiger partial charge in [-0.25, -0.2) is 0 Å². The number of rotatable bonds is 20. The maximum atomic E-state index is 10.9. The van der Waals surface area contributed by atoms with Gasteiger partial charge in [0.1, 0.15) is 5.25 Å². The molecule has 25 heavy (non-hydrogen) atoms. The summed E-state index contributed by atoms with van der Waals surface area (Å²) in [6.45, 7) is 4.24. The van der Waals surface area contributed by atoms with Crippen molar-refractivity contribution in [2.75, 3.05) is 5.75 Å². The molecule has 0 radical (unpaired) electrons. The van der Waals surface area contributed by atoms with Crippen molar-refractivity contribution in [3.05, 3.63) is 0 Å². The monoisotopic (exact) mass is 372 g/mol. The van der Waals surface area contributed by atoms with Gasteiger partial charge >= 0.3 is 5.97 Å². The van der Waals surface area contributed by atoms with Crippen LogP contribution < -0.4 is 0 Å². The molecule has 3 heteroatoms. The highest BCUT2D eigenvalue weighted by atomic mass is 32.2. The highest BCUT2D eigenvalue weighted by Gasteiger charge is 2.14. The van der Waals surface area contributed by atoms with Crippen LogP contribution in [0.4, 0.5) is 0 Å². The average Bonchev–Trinajstić information content (AvgIpc) is 2.60. The van der Waals surface area contributed by atoms with E-state index < -0.39 is 5.97 Å². The molecule has 0 amide bonds. The minimum absolute atomic E-state index is 0.198. The van der Waals surface area contributed by atoms with Crippen molar-refractivity contribution >= 4 is 17.7 Å². The lowest BCUT2D eigenvalue weighted by molar-refractivity contribution is -0.136. The van der Waals surface area contributed by atoms with Crippen molar-refractivity contribution in [1.29, 1.82) is 0 Å². The minimum atomic E-state index is -0.649. The summed E-state index contributed by atoms with van der Waals surface area (Å²) < 4.78 is 0. The second kappa shape index (κ2) is 20.1. The summed E-state index contributed by atoms with van der Waals surface area (Å²) in [6.07, 6.45) is 22.9. The molecule has 0 aromatic carbocycles. The molecule has 0 aliphatic carbocycles. The fourth-order valence-corrected chi connectivity index (χ4v) is 4.27. The minimum Gasteiger partial charge on any atom is -0.480 e. The van der Waals surface area contributed by atoms with Crippen molar-refractivity contribution in [3.63, 3.8) is 0 Å². The maximum Gasteiger partial charge on any atom is 0.316 e. The Balaban J connectivity index is 3.11. The fourth-order valence-electron chi connectivity index (χ4n) is 3.24. The number of carboxylic acids is 1. The standard InChI is InChI=1S/C22H44O2S/c1-3-5-6-7-8-9-10-11-12-13-14-15-16-17-18-19-20-25-21(4-2)22(23)24/h21H,3-20H2,1-2H3,(H,23,24). The van der Waals surface area contributed by atoms with E-state index in [-0.39, 0.29) is 5.25 Å². The van der Waals surface area contributed by atoms with Crippen molar-refractivity contribution in [3.8, 4) is 0 Å². The first-order chi connectivity index (χ1) is 12.2. The highest BCUT2D eigenvalue weighted by molar-refractivity contribution is 8.00. The van der Waals surface area contributed by atoms with Gasteiger partial charge in [0.05, 0.1) is 0 Å². The van der Waals surface area contributed by atoms with Gasteiger partial charge in [-0.05, 0) is 18.6 Å². The molecule has 0 aromatic heterocycles. The summed E-state index contributed by atoms with van der Waals surface area (Å²) in [5.74, 6) is 0.354. The third kappa shape index (κ3) is 18.4. The van der Waals surface area contributed by atoms with Crippen LogP contribution in [0.5, 0.6) is 0 Å². The molecule has 0 bridgehead atoms. The molecule has 1 atom stereocenters. The van der Waals surface area contributed by atoms with Gasteiger partial charge in [0.2, 0.25) is 0 Å². The molecule has 0 saturated heterocycles. The van der Waals surface area contributed by atoms with Crippen LogP contribution in [0.25, 0.3) is 0 Å². The Labute approximate surface area is 161 Å². The fraction of sp³-hybridized carbons (Fsp3) is 0.955. The normalized spacial score (nSPS) is 12.4. The summed E-state index contributed by atoms with van der Waals surface area (Å²) in [5, 5.41) is 8.79. The van der Waals surface area contributed by atoms with Crippen LogP contribution in [-0.2, 0) is 4.79 Å². The Hall–Kier alpha value is -0.180. The second-order valence-electron chi connectivity index (χ2n) is 7.41. The van der Waals surface area contributed by atoms with Crippen LogP contribution in [0.2, 0.25) is 0 Å². The largest absolute Gasteiger partial charge is 0.480 e. The molecule has 0 rings (SSSR count). The van der Waals surface area contributed by atoms with Gasteiger partial charge in [0.15, 0.2) is 0 Å². The number of hydrogen-bond acceptors (Lipinski definition) is 2. The number of thioether (sulfide) groups is 1. The zero-order valence-corrected chi connectivity index (χ0v) is 17.9. The van der Waals surface area contributed by atoms with E-state index in [9.17, 15) is 4.79 Å². The molecule has 0 aliphatic rings. The average molecular weight is 373 g/mol. The van der Waals surface area contributed by atoms with Crippen LogP contribution in [0.15, 0.2) is 0 Å². The van der Waals surface area contributed by atoms with Gasteiger partial charge in [0, 0.05) is 0 Å². The second-order valence-corrected chi connectivity index (χ2v) is 8.72. The lowest BCUT2D eigenvalue weighted by Crippen LogP contribution is -2.15. The van der Waals surface area contributed by atoms with Crippen LogP contribution in [-0.4, -0.2) is 22.1 Å². The molecule has 150 valence electrons. The maximum absolute atomic E-state index is 10.9. The third-order valence-electron chi connectivity index (χ3n) is 4.96. The summed E-state index contributed by atoms with van der Waals surface area (Å²) in [6, 6.07) is 0. The van der Waals surface area contributed by atoms with Crippen molar-refractivity contribution < 1.29 is 9.90 Å². The molecular weight excluding hydrogens is 328 g/mol. The molecule has 0 aromatic rings. The Bertz CT molecular complexity index is 281. The summed E-state index contributed by atoms with van der Waals surface area (Å²) in [4.78, 5) is 10.9. The van der Waals surface area contributed by atoms with Gasteiger partial charge in [0.25, 0.3) is 0 Å². The van der Waals surface area contributed by atoms with Crippen LogP contribution >= 0.6 is 11.8 Å². The summed E-state index contributed by atoms with van der Waals surface area (Å²) >= 11 is 1.62. The molecule has 1 N–H and O–H groups in total. The summed E-state index contributed by atoms with van der Waals surface area (Å²) in [5.41, 5.74) is 0. The van der Waals surface area contributed by atoms with E-state index in [0.29, 0.717) is 0 Å². The quantitative estimate of drug-likeness (QED) is 0.221. The van der Waals surface area contributed by atoms with Gasteiger partial charge in [-0.1, -0.05) is 110 Å². The highest BCUT2D eigenvalue weighted by Crippen LogP contribution is 2.18. The van der Waals surface area contributed by atoms with E-state index in [2.05, 4.69) is 6.92 Å². The zero-order chi connectivity index (χ0) is 18.6.